The highest BCUT2D eigenvalue weighted by Crippen LogP contribution is 2.15. The summed E-state index contributed by atoms with van der Waals surface area (Å²) in [7, 11) is 0. The van der Waals surface area contributed by atoms with Crippen LogP contribution in [0.4, 0.5) is 5.69 Å². The Labute approximate surface area is 131 Å². The van der Waals surface area contributed by atoms with Crippen molar-refractivity contribution in [2.45, 2.75) is 20.8 Å². The third-order valence-corrected chi connectivity index (χ3v) is 3.39. The Kier molecular flexibility index (Phi) is 5.37. The summed E-state index contributed by atoms with van der Waals surface area (Å²) < 4.78 is 5.38. The summed E-state index contributed by atoms with van der Waals surface area (Å²) in [6.07, 6.45) is 3.32. The van der Waals surface area contributed by atoms with Gasteiger partial charge < -0.3 is 10.1 Å². The monoisotopic (exact) mass is 295 g/mol. The van der Waals surface area contributed by atoms with Gasteiger partial charge in [-0.05, 0) is 67.8 Å². The number of anilines is 1. The third-order valence-electron chi connectivity index (χ3n) is 3.39. The molecular weight excluding hydrogens is 274 g/mol. The Balaban J connectivity index is 1.97. The van der Waals surface area contributed by atoms with E-state index in [4.69, 9.17) is 4.74 Å². The van der Waals surface area contributed by atoms with Gasteiger partial charge in [0.2, 0.25) is 5.91 Å². The van der Waals surface area contributed by atoms with E-state index >= 15 is 0 Å². The van der Waals surface area contributed by atoms with Crippen LogP contribution in [0.2, 0.25) is 0 Å². The number of amides is 1. The maximum Gasteiger partial charge on any atom is 0.248 e. The quantitative estimate of drug-likeness (QED) is 0.833. The van der Waals surface area contributed by atoms with Crippen LogP contribution < -0.4 is 10.1 Å². The van der Waals surface area contributed by atoms with Crippen molar-refractivity contribution in [3.63, 3.8) is 0 Å². The minimum absolute atomic E-state index is 0.142. The van der Waals surface area contributed by atoms with E-state index in [1.54, 1.807) is 6.08 Å². The first-order valence-electron chi connectivity index (χ1n) is 7.37. The predicted molar refractivity (Wildman–Crippen MR) is 91.2 cm³/mol. The Morgan fingerprint density at radius 3 is 2.45 bits per heavy atom. The highest BCUT2D eigenvalue weighted by atomic mass is 16.5. The normalized spacial score (nSPS) is 10.7. The van der Waals surface area contributed by atoms with Crippen molar-refractivity contribution in [3.8, 4) is 5.75 Å². The van der Waals surface area contributed by atoms with E-state index in [1.807, 2.05) is 63.2 Å². The van der Waals surface area contributed by atoms with Crippen molar-refractivity contribution >= 4 is 17.7 Å². The van der Waals surface area contributed by atoms with Gasteiger partial charge in [-0.2, -0.15) is 0 Å². The van der Waals surface area contributed by atoms with Crippen molar-refractivity contribution in [1.29, 1.82) is 0 Å². The number of carbonyl (C=O) groups is 1. The molecule has 1 N–H and O–H groups in total. The first kappa shape index (κ1) is 15.8. The molecule has 22 heavy (non-hydrogen) atoms. The van der Waals surface area contributed by atoms with Gasteiger partial charge in [0, 0.05) is 11.8 Å². The molecule has 3 nitrogen and oxygen atoms in total. The summed E-state index contributed by atoms with van der Waals surface area (Å²) in [5.41, 5.74) is 4.14. The van der Waals surface area contributed by atoms with Gasteiger partial charge in [-0.25, -0.2) is 0 Å². The number of ether oxygens (including phenoxy) is 1. The maximum absolute atomic E-state index is 11.9. The molecule has 0 spiro atoms. The molecule has 0 saturated heterocycles. The molecule has 0 aromatic heterocycles. The zero-order chi connectivity index (χ0) is 15.9. The minimum atomic E-state index is -0.142. The molecule has 0 unspecified atom stereocenters. The molecule has 0 aliphatic carbocycles. The summed E-state index contributed by atoms with van der Waals surface area (Å²) >= 11 is 0. The summed E-state index contributed by atoms with van der Waals surface area (Å²) in [4.78, 5) is 11.9. The van der Waals surface area contributed by atoms with Crippen LogP contribution >= 0.6 is 0 Å². The second kappa shape index (κ2) is 7.46. The zero-order valence-electron chi connectivity index (χ0n) is 13.2. The van der Waals surface area contributed by atoms with Gasteiger partial charge in [0.15, 0.2) is 0 Å². The lowest BCUT2D eigenvalue weighted by atomic mass is 10.1. The van der Waals surface area contributed by atoms with Crippen molar-refractivity contribution in [2.75, 3.05) is 11.9 Å². The van der Waals surface area contributed by atoms with E-state index in [0.717, 1.165) is 22.6 Å². The van der Waals surface area contributed by atoms with E-state index in [0.29, 0.717) is 6.61 Å². The van der Waals surface area contributed by atoms with E-state index < -0.39 is 0 Å². The largest absolute Gasteiger partial charge is 0.494 e. The molecule has 3 heteroatoms. The van der Waals surface area contributed by atoms with Crippen LogP contribution in [-0.4, -0.2) is 12.5 Å². The molecule has 0 atom stereocenters. The van der Waals surface area contributed by atoms with Crippen LogP contribution in [0, 0.1) is 13.8 Å². The number of benzene rings is 2. The highest BCUT2D eigenvalue weighted by molar-refractivity contribution is 6.01. The predicted octanol–water partition coefficient (Wildman–Crippen LogP) is 4.35. The fourth-order valence-corrected chi connectivity index (χ4v) is 2.02. The van der Waals surface area contributed by atoms with Crippen molar-refractivity contribution in [2.24, 2.45) is 0 Å². The van der Waals surface area contributed by atoms with Crippen LogP contribution in [0.25, 0.3) is 6.08 Å². The summed E-state index contributed by atoms with van der Waals surface area (Å²) in [5, 5.41) is 2.86. The summed E-state index contributed by atoms with van der Waals surface area (Å²) in [5.74, 6) is 0.691. The fraction of sp³-hybridized carbons (Fsp3) is 0.211. The molecule has 1 amide bonds. The van der Waals surface area contributed by atoms with Crippen molar-refractivity contribution in [3.05, 3.63) is 65.2 Å². The van der Waals surface area contributed by atoms with Crippen LogP contribution in [0.3, 0.4) is 0 Å². The molecule has 0 fully saturated rings. The second-order valence-electron chi connectivity index (χ2n) is 5.12. The molecule has 0 aliphatic heterocycles. The molecule has 2 rings (SSSR count). The average molecular weight is 295 g/mol. The Hall–Kier alpha value is -2.55. The van der Waals surface area contributed by atoms with Gasteiger partial charge in [-0.15, -0.1) is 0 Å². The van der Waals surface area contributed by atoms with Crippen LogP contribution in [0.1, 0.15) is 23.6 Å². The number of rotatable bonds is 5. The molecule has 114 valence electrons. The van der Waals surface area contributed by atoms with Gasteiger partial charge in [-0.3, -0.25) is 4.79 Å². The molecule has 0 radical (unpaired) electrons. The number of carbonyl (C=O) groups excluding carboxylic acids is 1. The van der Waals surface area contributed by atoms with Crippen LogP contribution in [0.5, 0.6) is 5.75 Å². The lowest BCUT2D eigenvalue weighted by Crippen LogP contribution is -2.07. The highest BCUT2D eigenvalue weighted by Gasteiger charge is 2.00. The molecule has 0 heterocycles. The van der Waals surface area contributed by atoms with Crippen LogP contribution in [0.15, 0.2) is 48.5 Å². The van der Waals surface area contributed by atoms with E-state index in [9.17, 15) is 4.79 Å². The SMILES string of the molecule is CCOc1ccc(C=CC(=O)Nc2ccc(C)c(C)c2)cc1. The minimum Gasteiger partial charge on any atom is -0.494 e. The van der Waals surface area contributed by atoms with Crippen LogP contribution in [-0.2, 0) is 4.79 Å². The van der Waals surface area contributed by atoms with E-state index in [1.165, 1.54) is 11.6 Å². The third kappa shape index (κ3) is 4.48. The molecule has 0 aliphatic rings. The number of aryl methyl sites for hydroxylation is 2. The number of hydrogen-bond donors (Lipinski definition) is 1. The molecule has 0 bridgehead atoms. The maximum atomic E-state index is 11.9. The van der Waals surface area contributed by atoms with Gasteiger partial charge in [0.1, 0.15) is 5.75 Å². The molecule has 2 aromatic carbocycles. The van der Waals surface area contributed by atoms with E-state index in [2.05, 4.69) is 5.32 Å². The fourth-order valence-electron chi connectivity index (χ4n) is 2.02. The van der Waals surface area contributed by atoms with Gasteiger partial charge >= 0.3 is 0 Å². The molecule has 2 aromatic rings. The van der Waals surface area contributed by atoms with Gasteiger partial charge in [-0.1, -0.05) is 18.2 Å². The first-order valence-corrected chi connectivity index (χ1v) is 7.37. The topological polar surface area (TPSA) is 38.3 Å². The lowest BCUT2D eigenvalue weighted by Gasteiger charge is -2.05. The Bertz CT molecular complexity index is 672. The van der Waals surface area contributed by atoms with Crippen molar-refractivity contribution in [1.82, 2.24) is 0 Å². The standard InChI is InChI=1S/C19H21NO2/c1-4-22-18-10-6-16(7-11-18)8-12-19(21)20-17-9-5-14(2)15(3)13-17/h5-13H,4H2,1-3H3,(H,20,21). The molecular formula is C19H21NO2. The summed E-state index contributed by atoms with van der Waals surface area (Å²) in [6, 6.07) is 13.5. The average Bonchev–Trinajstić information content (AvgIpc) is 2.51. The van der Waals surface area contributed by atoms with Crippen molar-refractivity contribution < 1.29 is 9.53 Å². The second-order valence-corrected chi connectivity index (χ2v) is 5.12. The lowest BCUT2D eigenvalue weighted by molar-refractivity contribution is -0.111. The number of nitrogens with one attached hydrogen (secondary N) is 1. The number of hydrogen-bond acceptors (Lipinski definition) is 2. The van der Waals surface area contributed by atoms with E-state index in [-0.39, 0.29) is 5.91 Å². The first-order chi connectivity index (χ1) is 10.6. The Morgan fingerprint density at radius 1 is 1.09 bits per heavy atom. The Morgan fingerprint density at radius 2 is 1.82 bits per heavy atom. The van der Waals surface area contributed by atoms with Gasteiger partial charge in [0.05, 0.1) is 6.61 Å². The summed E-state index contributed by atoms with van der Waals surface area (Å²) in [6.45, 7) is 6.67. The van der Waals surface area contributed by atoms with Gasteiger partial charge in [0.25, 0.3) is 0 Å². The molecule has 0 saturated carbocycles. The smallest absolute Gasteiger partial charge is 0.248 e. The zero-order valence-corrected chi connectivity index (χ0v) is 13.2.